The molecule has 10 heavy (non-hydrogen) atoms. The van der Waals surface area contributed by atoms with Crippen LogP contribution in [0.4, 0.5) is 0 Å². The topological polar surface area (TPSA) is 20.2 Å². The summed E-state index contributed by atoms with van der Waals surface area (Å²) in [6.07, 6.45) is 2.28. The second kappa shape index (κ2) is 7.76. The lowest BCUT2D eigenvalue weighted by atomic mass is 10.4. The van der Waals surface area contributed by atoms with Crippen molar-refractivity contribution in [3.63, 3.8) is 0 Å². The lowest BCUT2D eigenvalue weighted by Crippen LogP contribution is -2.11. The van der Waals surface area contributed by atoms with Crippen LogP contribution in [0.3, 0.4) is 0 Å². The molecule has 0 aromatic carbocycles. The summed E-state index contributed by atoms with van der Waals surface area (Å²) in [5, 5.41) is 9.06. The smallest absolute Gasteiger partial charge is 0.0718 e. The molecule has 0 rings (SSSR count). The number of thioether (sulfide) groups is 1. The third-order valence-corrected chi connectivity index (χ3v) is 2.78. The highest BCUT2D eigenvalue weighted by Crippen LogP contribution is 2.06. The van der Waals surface area contributed by atoms with Crippen molar-refractivity contribution in [2.45, 2.75) is 25.9 Å². The van der Waals surface area contributed by atoms with Gasteiger partial charge in [0.25, 0.3) is 0 Å². The number of aliphatic hydroxyl groups is 1. The van der Waals surface area contributed by atoms with Crippen LogP contribution in [0.1, 0.15) is 19.8 Å². The molecule has 0 bridgehead atoms. The first-order chi connectivity index (χ1) is 4.81. The van der Waals surface area contributed by atoms with Crippen LogP contribution >= 0.6 is 24.4 Å². The quantitative estimate of drug-likeness (QED) is 0.480. The number of hydrogen-bond acceptors (Lipinski definition) is 3. The first kappa shape index (κ1) is 10.7. The van der Waals surface area contributed by atoms with Gasteiger partial charge in [0.15, 0.2) is 0 Å². The average Bonchev–Trinajstić information content (AvgIpc) is 1.98. The first-order valence-corrected chi connectivity index (χ1v) is 5.46. The first-order valence-electron chi connectivity index (χ1n) is 3.68. The molecular weight excluding hydrogens is 164 g/mol. The third-order valence-electron chi connectivity index (χ3n) is 1.16. The minimum absolute atomic E-state index is 0.217. The number of thiol groups is 1. The molecule has 0 fully saturated rings. The van der Waals surface area contributed by atoms with Gasteiger partial charge < -0.3 is 5.11 Å². The summed E-state index contributed by atoms with van der Waals surface area (Å²) < 4.78 is 0. The van der Waals surface area contributed by atoms with Gasteiger partial charge in [-0.25, -0.2) is 0 Å². The van der Waals surface area contributed by atoms with Crippen molar-refractivity contribution in [2.24, 2.45) is 0 Å². The molecule has 1 nitrogen and oxygen atoms in total. The Labute approximate surface area is 73.0 Å². The Morgan fingerprint density at radius 1 is 1.60 bits per heavy atom. The van der Waals surface area contributed by atoms with Gasteiger partial charge >= 0.3 is 0 Å². The van der Waals surface area contributed by atoms with E-state index in [0.717, 1.165) is 5.75 Å². The molecule has 1 atom stereocenters. The summed E-state index contributed by atoms with van der Waals surface area (Å²) in [6, 6.07) is 0. The lowest BCUT2D eigenvalue weighted by Gasteiger charge is -2.04. The van der Waals surface area contributed by atoms with Gasteiger partial charge in [0, 0.05) is 11.5 Å². The molecule has 0 saturated carbocycles. The van der Waals surface area contributed by atoms with E-state index in [2.05, 4.69) is 19.6 Å². The summed E-state index contributed by atoms with van der Waals surface area (Å²) >= 11 is 5.79. The zero-order valence-electron chi connectivity index (χ0n) is 6.42. The largest absolute Gasteiger partial charge is 0.391 e. The van der Waals surface area contributed by atoms with E-state index in [1.165, 1.54) is 18.6 Å². The minimum Gasteiger partial charge on any atom is -0.391 e. The van der Waals surface area contributed by atoms with Crippen LogP contribution in [0.2, 0.25) is 0 Å². The molecule has 0 aromatic rings. The maximum Gasteiger partial charge on any atom is 0.0718 e. The second-order valence-electron chi connectivity index (χ2n) is 2.26. The SMILES string of the molecule is CCCCSCC(O)CS. The molecule has 0 spiro atoms. The van der Waals surface area contributed by atoms with Gasteiger partial charge in [-0.1, -0.05) is 13.3 Å². The monoisotopic (exact) mass is 180 g/mol. The number of unbranched alkanes of at least 4 members (excludes halogenated alkanes) is 1. The molecular formula is C7H16OS2. The van der Waals surface area contributed by atoms with Crippen molar-refractivity contribution in [1.29, 1.82) is 0 Å². The van der Waals surface area contributed by atoms with Crippen LogP contribution in [0.15, 0.2) is 0 Å². The van der Waals surface area contributed by atoms with Crippen molar-refractivity contribution in [1.82, 2.24) is 0 Å². The van der Waals surface area contributed by atoms with Gasteiger partial charge in [-0.2, -0.15) is 24.4 Å². The van der Waals surface area contributed by atoms with Gasteiger partial charge in [-0.15, -0.1) is 0 Å². The Balaban J connectivity index is 2.89. The fourth-order valence-electron chi connectivity index (χ4n) is 0.518. The van der Waals surface area contributed by atoms with E-state index in [1.807, 2.05) is 11.8 Å². The molecule has 0 aliphatic carbocycles. The van der Waals surface area contributed by atoms with Crippen molar-refractivity contribution < 1.29 is 5.11 Å². The summed E-state index contributed by atoms with van der Waals surface area (Å²) in [6.45, 7) is 2.18. The van der Waals surface area contributed by atoms with E-state index in [0.29, 0.717) is 5.75 Å². The Bertz CT molecular complexity index is 68.6. The molecule has 1 N–H and O–H groups in total. The summed E-state index contributed by atoms with van der Waals surface area (Å²) in [5.41, 5.74) is 0. The Morgan fingerprint density at radius 2 is 2.30 bits per heavy atom. The molecule has 62 valence electrons. The molecule has 0 aliphatic heterocycles. The van der Waals surface area contributed by atoms with E-state index < -0.39 is 0 Å². The summed E-state index contributed by atoms with van der Waals surface area (Å²) in [5.74, 6) is 2.59. The molecule has 1 unspecified atom stereocenters. The van der Waals surface area contributed by atoms with Crippen LogP contribution < -0.4 is 0 Å². The van der Waals surface area contributed by atoms with Gasteiger partial charge in [-0.3, -0.25) is 0 Å². The third kappa shape index (κ3) is 6.78. The van der Waals surface area contributed by atoms with Crippen molar-refractivity contribution >= 4 is 24.4 Å². The van der Waals surface area contributed by atoms with Crippen molar-refractivity contribution in [2.75, 3.05) is 17.3 Å². The molecule has 0 heterocycles. The molecule has 0 amide bonds. The number of aliphatic hydroxyl groups excluding tert-OH is 1. The molecule has 0 aliphatic rings. The maximum absolute atomic E-state index is 9.06. The van der Waals surface area contributed by atoms with E-state index in [9.17, 15) is 0 Å². The zero-order chi connectivity index (χ0) is 7.82. The van der Waals surface area contributed by atoms with E-state index in [4.69, 9.17) is 5.11 Å². The predicted octanol–water partition coefficient (Wildman–Crippen LogP) is 1.81. The van der Waals surface area contributed by atoms with E-state index >= 15 is 0 Å². The van der Waals surface area contributed by atoms with E-state index in [-0.39, 0.29) is 6.10 Å². The highest BCUT2D eigenvalue weighted by Gasteiger charge is 1.99. The Kier molecular flexibility index (Phi) is 8.28. The minimum atomic E-state index is -0.217. The highest BCUT2D eigenvalue weighted by atomic mass is 32.2. The van der Waals surface area contributed by atoms with E-state index in [1.54, 1.807) is 0 Å². The summed E-state index contributed by atoms with van der Waals surface area (Å²) in [4.78, 5) is 0. The van der Waals surface area contributed by atoms with Crippen LogP contribution in [0.25, 0.3) is 0 Å². The second-order valence-corrected chi connectivity index (χ2v) is 3.78. The Hall–Kier alpha value is 0.660. The van der Waals surface area contributed by atoms with Gasteiger partial charge in [0.05, 0.1) is 6.10 Å². The molecule has 0 saturated heterocycles. The molecule has 3 heteroatoms. The fraction of sp³-hybridized carbons (Fsp3) is 1.00. The number of rotatable bonds is 6. The van der Waals surface area contributed by atoms with Crippen LogP contribution in [-0.2, 0) is 0 Å². The molecule has 0 aromatic heterocycles. The predicted molar refractivity (Wildman–Crippen MR) is 52.1 cm³/mol. The highest BCUT2D eigenvalue weighted by molar-refractivity contribution is 7.99. The standard InChI is InChI=1S/C7H16OS2/c1-2-3-4-10-6-7(8)5-9/h7-9H,2-6H2,1H3. The lowest BCUT2D eigenvalue weighted by molar-refractivity contribution is 0.225. The Morgan fingerprint density at radius 3 is 2.80 bits per heavy atom. The van der Waals surface area contributed by atoms with Crippen LogP contribution in [0, 0.1) is 0 Å². The normalized spacial score (nSPS) is 13.5. The van der Waals surface area contributed by atoms with Crippen LogP contribution in [-0.4, -0.2) is 28.5 Å². The van der Waals surface area contributed by atoms with Crippen LogP contribution in [0.5, 0.6) is 0 Å². The van der Waals surface area contributed by atoms with Gasteiger partial charge in [0.2, 0.25) is 0 Å². The molecule has 0 radical (unpaired) electrons. The number of hydrogen-bond donors (Lipinski definition) is 2. The van der Waals surface area contributed by atoms with Gasteiger partial charge in [0.1, 0.15) is 0 Å². The van der Waals surface area contributed by atoms with Gasteiger partial charge in [-0.05, 0) is 12.2 Å². The van der Waals surface area contributed by atoms with Crippen molar-refractivity contribution in [3.05, 3.63) is 0 Å². The summed E-state index contributed by atoms with van der Waals surface area (Å²) in [7, 11) is 0. The fourth-order valence-corrected chi connectivity index (χ4v) is 1.87. The average molecular weight is 180 g/mol. The van der Waals surface area contributed by atoms with Crippen molar-refractivity contribution in [3.8, 4) is 0 Å². The zero-order valence-corrected chi connectivity index (χ0v) is 8.13. The maximum atomic E-state index is 9.06.